The number of amides is 2. The number of benzene rings is 1. The molecule has 1 aromatic carbocycles. The van der Waals surface area contributed by atoms with Crippen molar-refractivity contribution >= 4 is 15.9 Å². The van der Waals surface area contributed by atoms with Gasteiger partial charge in [-0.2, -0.15) is 0 Å². The Balaban J connectivity index is 2.03. The van der Waals surface area contributed by atoms with Gasteiger partial charge in [0.05, 0.1) is 17.5 Å². The molecule has 5 nitrogen and oxygen atoms in total. The summed E-state index contributed by atoms with van der Waals surface area (Å²) in [5, 5.41) is 5.76. The quantitative estimate of drug-likeness (QED) is 0.891. The predicted molar refractivity (Wildman–Crippen MR) is 87.5 cm³/mol. The number of sulfone groups is 1. The molecule has 1 heterocycles. The number of nitrogens with one attached hydrogen (secondary N) is 2. The maximum absolute atomic E-state index is 12.2. The zero-order chi connectivity index (χ0) is 16.3. The Labute approximate surface area is 132 Å². The van der Waals surface area contributed by atoms with Crippen molar-refractivity contribution < 1.29 is 13.2 Å². The molecule has 2 unspecified atom stereocenters. The normalized spacial score (nSPS) is 21.5. The van der Waals surface area contributed by atoms with E-state index in [0.29, 0.717) is 6.42 Å². The first-order valence-electron chi connectivity index (χ1n) is 7.61. The first-order chi connectivity index (χ1) is 10.3. The van der Waals surface area contributed by atoms with Gasteiger partial charge in [0, 0.05) is 6.04 Å². The minimum Gasteiger partial charge on any atom is -0.334 e. The summed E-state index contributed by atoms with van der Waals surface area (Å²) in [6.45, 7) is 6.13. The van der Waals surface area contributed by atoms with E-state index in [1.165, 1.54) is 0 Å². The van der Waals surface area contributed by atoms with E-state index in [2.05, 4.69) is 24.5 Å². The Morgan fingerprint density at radius 3 is 2.50 bits per heavy atom. The van der Waals surface area contributed by atoms with Crippen LogP contribution in [0.15, 0.2) is 24.3 Å². The number of carbonyl (C=O) groups is 1. The van der Waals surface area contributed by atoms with Crippen LogP contribution < -0.4 is 10.6 Å². The lowest BCUT2D eigenvalue weighted by molar-refractivity contribution is 0.230. The molecule has 2 amide bonds. The molecule has 2 atom stereocenters. The first-order valence-corrected chi connectivity index (χ1v) is 9.43. The minimum atomic E-state index is -2.99. The van der Waals surface area contributed by atoms with Crippen LogP contribution >= 0.6 is 0 Å². The highest BCUT2D eigenvalue weighted by atomic mass is 32.2. The number of urea groups is 1. The molecule has 1 fully saturated rings. The van der Waals surface area contributed by atoms with E-state index in [1.54, 1.807) is 0 Å². The van der Waals surface area contributed by atoms with Crippen LogP contribution in [0, 0.1) is 12.8 Å². The highest BCUT2D eigenvalue weighted by Gasteiger charge is 2.29. The van der Waals surface area contributed by atoms with Crippen molar-refractivity contribution in [3.63, 3.8) is 0 Å². The molecular formula is C16H24N2O3S. The van der Waals surface area contributed by atoms with E-state index in [4.69, 9.17) is 0 Å². The van der Waals surface area contributed by atoms with Gasteiger partial charge in [-0.3, -0.25) is 0 Å². The second-order valence-corrected chi connectivity index (χ2v) is 8.52. The summed E-state index contributed by atoms with van der Waals surface area (Å²) in [4.78, 5) is 12.2. The summed E-state index contributed by atoms with van der Waals surface area (Å²) in [5.41, 5.74) is 2.22. The molecule has 0 aromatic heterocycles. The maximum Gasteiger partial charge on any atom is 0.315 e. The van der Waals surface area contributed by atoms with Crippen LogP contribution in [-0.4, -0.2) is 32.0 Å². The molecule has 1 aliphatic rings. The Morgan fingerprint density at radius 1 is 1.27 bits per heavy atom. The molecule has 1 aromatic rings. The van der Waals surface area contributed by atoms with Gasteiger partial charge in [0.15, 0.2) is 9.84 Å². The summed E-state index contributed by atoms with van der Waals surface area (Å²) in [7, 11) is -2.99. The zero-order valence-corrected chi connectivity index (χ0v) is 14.1. The third kappa shape index (κ3) is 4.22. The lowest BCUT2D eigenvalue weighted by atomic mass is 9.93. The number of hydrogen-bond donors (Lipinski definition) is 2. The van der Waals surface area contributed by atoms with Gasteiger partial charge >= 0.3 is 6.03 Å². The largest absolute Gasteiger partial charge is 0.334 e. The molecule has 0 aliphatic carbocycles. The van der Waals surface area contributed by atoms with Gasteiger partial charge in [0.25, 0.3) is 0 Å². The molecule has 1 aliphatic heterocycles. The molecular weight excluding hydrogens is 300 g/mol. The van der Waals surface area contributed by atoms with Gasteiger partial charge in [0.1, 0.15) is 0 Å². The Hall–Kier alpha value is -1.56. The Morgan fingerprint density at radius 2 is 1.95 bits per heavy atom. The first kappa shape index (κ1) is 16.8. The molecule has 1 saturated heterocycles. The second-order valence-electron chi connectivity index (χ2n) is 6.30. The van der Waals surface area contributed by atoms with E-state index in [1.807, 2.05) is 31.2 Å². The van der Waals surface area contributed by atoms with Crippen molar-refractivity contribution in [2.45, 2.75) is 39.3 Å². The average molecular weight is 324 g/mol. The number of hydrogen-bond acceptors (Lipinski definition) is 3. The van der Waals surface area contributed by atoms with Crippen molar-refractivity contribution in [2.75, 3.05) is 11.5 Å². The topological polar surface area (TPSA) is 75.3 Å². The fraction of sp³-hybridized carbons (Fsp3) is 0.562. The van der Waals surface area contributed by atoms with Crippen molar-refractivity contribution in [2.24, 2.45) is 5.92 Å². The molecule has 0 saturated carbocycles. The van der Waals surface area contributed by atoms with Crippen LogP contribution in [0.4, 0.5) is 4.79 Å². The fourth-order valence-electron chi connectivity index (χ4n) is 2.82. The monoisotopic (exact) mass is 324 g/mol. The molecule has 0 spiro atoms. The fourth-order valence-corrected chi connectivity index (χ4v) is 4.49. The predicted octanol–water partition coefficient (Wildman–Crippen LogP) is 2.18. The van der Waals surface area contributed by atoms with Crippen LogP contribution in [0.2, 0.25) is 0 Å². The molecule has 0 bridgehead atoms. The Bertz CT molecular complexity index is 641. The number of rotatable bonds is 4. The molecule has 2 N–H and O–H groups in total. The summed E-state index contributed by atoms with van der Waals surface area (Å²) < 4.78 is 22.9. The summed E-state index contributed by atoms with van der Waals surface area (Å²) in [6, 6.07) is 7.28. The third-order valence-corrected chi connectivity index (χ3v) is 5.81. The van der Waals surface area contributed by atoms with Crippen LogP contribution in [0.1, 0.15) is 37.4 Å². The van der Waals surface area contributed by atoms with Gasteiger partial charge in [-0.15, -0.1) is 0 Å². The Kier molecular flexibility index (Phi) is 5.11. The van der Waals surface area contributed by atoms with E-state index in [0.717, 1.165) is 11.1 Å². The zero-order valence-electron chi connectivity index (χ0n) is 13.3. The molecule has 2 rings (SSSR count). The highest BCUT2D eigenvalue weighted by molar-refractivity contribution is 7.91. The standard InChI is InChI=1S/C16H24N2O3S/c1-11(2)15(14-7-5-4-6-12(14)3)18-16(19)17-13-8-9-22(20,21)10-13/h4-7,11,13,15H,8-10H2,1-3H3,(H2,17,18,19). The molecule has 122 valence electrons. The van der Waals surface area contributed by atoms with E-state index >= 15 is 0 Å². The van der Waals surface area contributed by atoms with Gasteiger partial charge in [0.2, 0.25) is 0 Å². The molecule has 0 radical (unpaired) electrons. The van der Waals surface area contributed by atoms with Gasteiger partial charge < -0.3 is 10.6 Å². The van der Waals surface area contributed by atoms with Gasteiger partial charge in [-0.25, -0.2) is 13.2 Å². The van der Waals surface area contributed by atoms with E-state index in [9.17, 15) is 13.2 Å². The van der Waals surface area contributed by atoms with Gasteiger partial charge in [-0.05, 0) is 30.4 Å². The van der Waals surface area contributed by atoms with Crippen molar-refractivity contribution in [3.8, 4) is 0 Å². The second kappa shape index (κ2) is 6.69. The van der Waals surface area contributed by atoms with Crippen molar-refractivity contribution in [1.82, 2.24) is 10.6 Å². The highest BCUT2D eigenvalue weighted by Crippen LogP contribution is 2.24. The third-order valence-electron chi connectivity index (χ3n) is 4.04. The lowest BCUT2D eigenvalue weighted by Gasteiger charge is -2.25. The van der Waals surface area contributed by atoms with Crippen LogP contribution in [0.3, 0.4) is 0 Å². The van der Waals surface area contributed by atoms with Crippen LogP contribution in [0.5, 0.6) is 0 Å². The smallest absolute Gasteiger partial charge is 0.315 e. The summed E-state index contributed by atoms with van der Waals surface area (Å²) in [6.07, 6.45) is 0.493. The van der Waals surface area contributed by atoms with Crippen LogP contribution in [-0.2, 0) is 9.84 Å². The van der Waals surface area contributed by atoms with Crippen LogP contribution in [0.25, 0.3) is 0 Å². The summed E-state index contributed by atoms with van der Waals surface area (Å²) in [5.74, 6) is 0.430. The molecule has 22 heavy (non-hydrogen) atoms. The summed E-state index contributed by atoms with van der Waals surface area (Å²) >= 11 is 0. The number of aryl methyl sites for hydroxylation is 1. The van der Waals surface area contributed by atoms with Gasteiger partial charge in [-0.1, -0.05) is 38.1 Å². The van der Waals surface area contributed by atoms with Crippen molar-refractivity contribution in [1.29, 1.82) is 0 Å². The van der Waals surface area contributed by atoms with E-state index in [-0.39, 0.29) is 35.5 Å². The van der Waals surface area contributed by atoms with E-state index < -0.39 is 9.84 Å². The van der Waals surface area contributed by atoms with Crippen molar-refractivity contribution in [3.05, 3.63) is 35.4 Å². The maximum atomic E-state index is 12.2. The average Bonchev–Trinajstić information content (AvgIpc) is 2.76. The SMILES string of the molecule is Cc1ccccc1C(NC(=O)NC1CCS(=O)(=O)C1)C(C)C. The molecule has 6 heteroatoms. The lowest BCUT2D eigenvalue weighted by Crippen LogP contribution is -2.45. The minimum absolute atomic E-state index is 0.0388. The number of carbonyl (C=O) groups excluding carboxylic acids is 1.